The molecule has 2 nitrogen and oxygen atoms in total. The van der Waals surface area contributed by atoms with Crippen molar-refractivity contribution in [3.63, 3.8) is 0 Å². The predicted octanol–water partition coefficient (Wildman–Crippen LogP) is 4.65. The van der Waals surface area contributed by atoms with Gasteiger partial charge < -0.3 is 4.98 Å². The molecule has 1 heterocycles. The van der Waals surface area contributed by atoms with E-state index in [0.717, 1.165) is 17.1 Å². The zero-order valence-electron chi connectivity index (χ0n) is 10.7. The van der Waals surface area contributed by atoms with Crippen LogP contribution < -0.4 is 0 Å². The van der Waals surface area contributed by atoms with Crippen LogP contribution in [-0.4, -0.2) is 16.2 Å². The minimum absolute atomic E-state index is 0.416. The number of nitrogens with zero attached hydrogens (tertiary/aromatic N) is 1. The summed E-state index contributed by atoms with van der Waals surface area (Å²) >= 11 is 6.95. The van der Waals surface area contributed by atoms with Crippen LogP contribution in [0.3, 0.4) is 0 Å². The number of aromatic amines is 1. The van der Waals surface area contributed by atoms with E-state index in [1.54, 1.807) is 11.8 Å². The normalized spacial score (nSPS) is 10.9. The summed E-state index contributed by atoms with van der Waals surface area (Å²) in [5, 5.41) is 0. The molecule has 4 heteroatoms. The number of aromatic nitrogens is 2. The third kappa shape index (κ3) is 3.00. The number of thioether (sulfide) groups is 1. The lowest BCUT2D eigenvalue weighted by Gasteiger charge is -2.09. The van der Waals surface area contributed by atoms with Gasteiger partial charge in [-0.15, -0.1) is 11.8 Å². The van der Waals surface area contributed by atoms with Gasteiger partial charge in [0.1, 0.15) is 10.5 Å². The van der Waals surface area contributed by atoms with Gasteiger partial charge in [0.05, 0.1) is 0 Å². The Balaban J connectivity index is 2.46. The maximum Gasteiger partial charge on any atom is 0.139 e. The van der Waals surface area contributed by atoms with Gasteiger partial charge in [-0.3, -0.25) is 0 Å². The molecule has 18 heavy (non-hydrogen) atoms. The summed E-state index contributed by atoms with van der Waals surface area (Å²) in [6.45, 7) is 4.28. The number of benzene rings is 1. The molecule has 2 rings (SSSR count). The highest BCUT2D eigenvalue weighted by molar-refractivity contribution is 7.98. The fraction of sp³-hybridized carbons (Fsp3) is 0.286. The molecule has 0 radical (unpaired) electrons. The highest BCUT2D eigenvalue weighted by atomic mass is 32.2. The molecule has 0 atom stereocenters. The summed E-state index contributed by atoms with van der Waals surface area (Å²) in [5.74, 6) is 1.26. The lowest BCUT2D eigenvalue weighted by atomic mass is 10.1. The van der Waals surface area contributed by atoms with Gasteiger partial charge in [-0.2, -0.15) is 0 Å². The zero-order chi connectivity index (χ0) is 13.1. The average molecular weight is 276 g/mol. The van der Waals surface area contributed by atoms with Crippen molar-refractivity contribution >= 4 is 24.0 Å². The Kier molecular flexibility index (Phi) is 4.19. The third-order valence-electron chi connectivity index (χ3n) is 2.75. The van der Waals surface area contributed by atoms with Crippen LogP contribution in [0.5, 0.6) is 0 Å². The summed E-state index contributed by atoms with van der Waals surface area (Å²) in [6, 6.07) is 10.3. The molecule has 94 valence electrons. The maximum atomic E-state index is 5.22. The molecule has 0 bridgehead atoms. The van der Waals surface area contributed by atoms with E-state index in [1.807, 2.05) is 6.07 Å². The monoisotopic (exact) mass is 276 g/mol. The first-order valence-electron chi connectivity index (χ1n) is 5.86. The third-order valence-corrected chi connectivity index (χ3v) is 3.70. The van der Waals surface area contributed by atoms with Crippen LogP contribution in [-0.2, 0) is 0 Å². The largest absolute Gasteiger partial charge is 0.343 e. The molecule has 0 amide bonds. The first-order valence-corrected chi connectivity index (χ1v) is 7.49. The molecular formula is C14H16N2S2. The second-order valence-corrected chi connectivity index (χ2v) is 5.70. The van der Waals surface area contributed by atoms with E-state index < -0.39 is 0 Å². The van der Waals surface area contributed by atoms with Gasteiger partial charge in [0.2, 0.25) is 0 Å². The molecule has 0 spiro atoms. The molecule has 1 aromatic heterocycles. The Hall–Kier alpha value is -1.13. The highest BCUT2D eigenvalue weighted by Crippen LogP contribution is 2.22. The number of H-pyrrole nitrogens is 1. The SMILES string of the molecule is CSc1ccc(-c2nc(=S)cc(C(C)C)[nH]2)cc1. The van der Waals surface area contributed by atoms with E-state index in [0.29, 0.717) is 10.6 Å². The van der Waals surface area contributed by atoms with E-state index >= 15 is 0 Å². The molecule has 0 aliphatic rings. The Morgan fingerprint density at radius 1 is 1.22 bits per heavy atom. The van der Waals surface area contributed by atoms with Crippen molar-refractivity contribution in [3.8, 4) is 11.4 Å². The summed E-state index contributed by atoms with van der Waals surface area (Å²) in [6.07, 6.45) is 2.07. The van der Waals surface area contributed by atoms with Crippen molar-refractivity contribution in [1.29, 1.82) is 0 Å². The van der Waals surface area contributed by atoms with Gasteiger partial charge in [0, 0.05) is 16.2 Å². The molecule has 1 aromatic carbocycles. The smallest absolute Gasteiger partial charge is 0.139 e. The van der Waals surface area contributed by atoms with Gasteiger partial charge in [0.25, 0.3) is 0 Å². The molecule has 0 unspecified atom stereocenters. The molecule has 1 N–H and O–H groups in total. The van der Waals surface area contributed by atoms with Crippen molar-refractivity contribution in [2.75, 3.05) is 6.26 Å². The van der Waals surface area contributed by atoms with Crippen LogP contribution in [0.25, 0.3) is 11.4 Å². The molecule has 0 aliphatic carbocycles. The van der Waals surface area contributed by atoms with Crippen molar-refractivity contribution in [2.24, 2.45) is 0 Å². The molecule has 2 aromatic rings. The average Bonchev–Trinajstić information content (AvgIpc) is 2.38. The van der Waals surface area contributed by atoms with Crippen molar-refractivity contribution in [1.82, 2.24) is 9.97 Å². The molecule has 0 saturated heterocycles. The predicted molar refractivity (Wildman–Crippen MR) is 80.7 cm³/mol. The van der Waals surface area contributed by atoms with E-state index in [1.165, 1.54) is 4.90 Å². The first kappa shape index (κ1) is 13.3. The zero-order valence-corrected chi connectivity index (χ0v) is 12.4. The van der Waals surface area contributed by atoms with Gasteiger partial charge in [-0.1, -0.05) is 38.2 Å². The van der Waals surface area contributed by atoms with Gasteiger partial charge >= 0.3 is 0 Å². The van der Waals surface area contributed by atoms with Gasteiger partial charge in [-0.05, 0) is 30.4 Å². The standard InChI is InChI=1S/C14H16N2S2/c1-9(2)12-8-13(17)16-14(15-12)10-4-6-11(18-3)7-5-10/h4-9H,1-3H3,(H,15,16,17). The summed E-state index contributed by atoms with van der Waals surface area (Å²) in [5.41, 5.74) is 2.19. The van der Waals surface area contributed by atoms with Gasteiger partial charge in [0.15, 0.2) is 0 Å². The van der Waals surface area contributed by atoms with Crippen LogP contribution >= 0.6 is 24.0 Å². The Labute approximate surface area is 117 Å². The van der Waals surface area contributed by atoms with Crippen molar-refractivity contribution in [2.45, 2.75) is 24.7 Å². The summed E-state index contributed by atoms with van der Waals surface area (Å²) in [7, 11) is 0. The fourth-order valence-electron chi connectivity index (χ4n) is 1.67. The molecule has 0 saturated carbocycles. The first-order chi connectivity index (χ1) is 8.60. The number of hydrogen-bond acceptors (Lipinski definition) is 3. The fourth-order valence-corrected chi connectivity index (χ4v) is 2.30. The van der Waals surface area contributed by atoms with E-state index in [2.05, 4.69) is 54.3 Å². The second-order valence-electron chi connectivity index (χ2n) is 4.41. The lowest BCUT2D eigenvalue weighted by molar-refractivity contribution is 0.815. The van der Waals surface area contributed by atoms with Crippen LogP contribution in [0.1, 0.15) is 25.5 Å². The van der Waals surface area contributed by atoms with E-state index in [9.17, 15) is 0 Å². The number of nitrogens with one attached hydrogen (secondary N) is 1. The summed E-state index contributed by atoms with van der Waals surface area (Å²) in [4.78, 5) is 9.00. The Morgan fingerprint density at radius 3 is 2.44 bits per heavy atom. The van der Waals surface area contributed by atoms with Crippen LogP contribution in [0.15, 0.2) is 35.2 Å². The minimum Gasteiger partial charge on any atom is -0.343 e. The second kappa shape index (κ2) is 5.67. The van der Waals surface area contributed by atoms with Crippen molar-refractivity contribution < 1.29 is 0 Å². The minimum atomic E-state index is 0.416. The molecule has 0 fully saturated rings. The maximum absolute atomic E-state index is 5.22. The van der Waals surface area contributed by atoms with Gasteiger partial charge in [-0.25, -0.2) is 4.98 Å². The van der Waals surface area contributed by atoms with E-state index in [-0.39, 0.29) is 0 Å². The van der Waals surface area contributed by atoms with E-state index in [4.69, 9.17) is 12.2 Å². The Bertz CT molecular complexity index is 585. The number of hydrogen-bond donors (Lipinski definition) is 1. The lowest BCUT2D eigenvalue weighted by Crippen LogP contribution is -1.97. The number of rotatable bonds is 3. The molecule has 0 aliphatic heterocycles. The summed E-state index contributed by atoms with van der Waals surface area (Å²) < 4.78 is 0.640. The van der Waals surface area contributed by atoms with Crippen LogP contribution in [0.4, 0.5) is 0 Å². The van der Waals surface area contributed by atoms with Crippen LogP contribution in [0.2, 0.25) is 0 Å². The Morgan fingerprint density at radius 2 is 1.89 bits per heavy atom. The van der Waals surface area contributed by atoms with Crippen molar-refractivity contribution in [3.05, 3.63) is 40.7 Å². The molecular weight excluding hydrogens is 260 g/mol. The highest BCUT2D eigenvalue weighted by Gasteiger charge is 2.05. The van der Waals surface area contributed by atoms with Crippen LogP contribution in [0, 0.1) is 4.64 Å². The topological polar surface area (TPSA) is 28.7 Å². The quantitative estimate of drug-likeness (QED) is 0.653.